The molecule has 0 aromatic rings. The van der Waals surface area contributed by atoms with Crippen LogP contribution in [0.4, 0.5) is 0 Å². The fourth-order valence-corrected chi connectivity index (χ4v) is 6.18. The summed E-state index contributed by atoms with van der Waals surface area (Å²) in [6.07, 6.45) is 10.8. The maximum atomic E-state index is 12.0. The van der Waals surface area contributed by atoms with Gasteiger partial charge in [-0.15, -0.1) is 0 Å². The number of carbonyl (C=O) groups excluding carboxylic acids is 1. The minimum absolute atomic E-state index is 0.00884. The van der Waals surface area contributed by atoms with Gasteiger partial charge in [-0.3, -0.25) is 4.79 Å². The van der Waals surface area contributed by atoms with Gasteiger partial charge < -0.3 is 5.11 Å². The lowest BCUT2D eigenvalue weighted by Crippen LogP contribution is -2.52. The van der Waals surface area contributed by atoms with Crippen molar-refractivity contribution in [1.29, 1.82) is 0 Å². The van der Waals surface area contributed by atoms with Crippen LogP contribution in [0.3, 0.4) is 0 Å². The summed E-state index contributed by atoms with van der Waals surface area (Å²) in [5.74, 6) is 2.96. The second-order valence-corrected chi connectivity index (χ2v) is 8.57. The molecule has 22 heavy (non-hydrogen) atoms. The van der Waals surface area contributed by atoms with Crippen molar-refractivity contribution >= 4 is 5.78 Å². The predicted octanol–water partition coefficient (Wildman–Crippen LogP) is 4.05. The molecule has 0 unspecified atom stereocenters. The molecule has 2 saturated carbocycles. The van der Waals surface area contributed by atoms with Gasteiger partial charge in [0.1, 0.15) is 0 Å². The molecule has 2 heteroatoms. The zero-order chi connectivity index (χ0) is 15.7. The Labute approximate surface area is 133 Å². The second-order valence-electron chi connectivity index (χ2n) is 8.57. The Hall–Kier alpha value is -0.890. The minimum atomic E-state index is -0.656. The molecule has 6 atom stereocenters. The molecule has 0 aromatic carbocycles. The minimum Gasteiger partial charge on any atom is -0.385 e. The standard InChI is InChI=1S/C20H28O2/c1-12-13-4-5-16-15(14(13)6-7-18(12)21)8-10-19(2)17(16)9-11-20(19,3)22/h9,11,14-17,22H,4-8,10H2,1-3H3/t14-,15+,16+,17-,19-,20-/m0/s1. The number of hydrogen-bond acceptors (Lipinski definition) is 2. The summed E-state index contributed by atoms with van der Waals surface area (Å²) in [6.45, 7) is 6.33. The summed E-state index contributed by atoms with van der Waals surface area (Å²) < 4.78 is 0. The van der Waals surface area contributed by atoms with Gasteiger partial charge >= 0.3 is 0 Å². The molecule has 2 fully saturated rings. The van der Waals surface area contributed by atoms with Crippen molar-refractivity contribution in [2.75, 3.05) is 0 Å². The fraction of sp³-hybridized carbons (Fsp3) is 0.750. The van der Waals surface area contributed by atoms with Crippen molar-refractivity contribution < 1.29 is 9.90 Å². The maximum Gasteiger partial charge on any atom is 0.158 e. The molecular weight excluding hydrogens is 272 g/mol. The van der Waals surface area contributed by atoms with Crippen molar-refractivity contribution in [3.05, 3.63) is 23.3 Å². The van der Waals surface area contributed by atoms with E-state index in [0.29, 0.717) is 23.5 Å². The van der Waals surface area contributed by atoms with Crippen molar-refractivity contribution in [3.63, 3.8) is 0 Å². The number of allylic oxidation sites excluding steroid dienone is 3. The number of aliphatic hydroxyl groups is 1. The Balaban J connectivity index is 1.68. The summed E-state index contributed by atoms with van der Waals surface area (Å²) in [5.41, 5.74) is 1.92. The van der Waals surface area contributed by atoms with E-state index in [1.165, 1.54) is 18.4 Å². The molecule has 4 rings (SSSR count). The monoisotopic (exact) mass is 300 g/mol. The Kier molecular flexibility index (Phi) is 3.05. The van der Waals surface area contributed by atoms with Gasteiger partial charge in [0.2, 0.25) is 0 Å². The number of hydrogen-bond donors (Lipinski definition) is 1. The Morgan fingerprint density at radius 2 is 1.91 bits per heavy atom. The third-order valence-corrected chi connectivity index (χ3v) is 7.82. The van der Waals surface area contributed by atoms with Gasteiger partial charge in [-0.25, -0.2) is 0 Å². The topological polar surface area (TPSA) is 37.3 Å². The van der Waals surface area contributed by atoms with E-state index in [1.54, 1.807) is 0 Å². The van der Waals surface area contributed by atoms with Crippen molar-refractivity contribution in [3.8, 4) is 0 Å². The Bertz CT molecular complexity index is 583. The summed E-state index contributed by atoms with van der Waals surface area (Å²) in [6, 6.07) is 0. The second kappa shape index (κ2) is 4.56. The molecule has 0 radical (unpaired) electrons. The van der Waals surface area contributed by atoms with Gasteiger partial charge in [0.15, 0.2) is 5.78 Å². The van der Waals surface area contributed by atoms with Crippen LogP contribution >= 0.6 is 0 Å². The Morgan fingerprint density at radius 3 is 2.68 bits per heavy atom. The maximum absolute atomic E-state index is 12.0. The number of ketones is 1. The summed E-state index contributed by atoms with van der Waals surface area (Å²) >= 11 is 0. The van der Waals surface area contributed by atoms with E-state index < -0.39 is 5.60 Å². The van der Waals surface area contributed by atoms with Gasteiger partial charge in [-0.1, -0.05) is 24.6 Å². The molecule has 4 aliphatic carbocycles. The van der Waals surface area contributed by atoms with Crippen LogP contribution in [0, 0.1) is 29.1 Å². The zero-order valence-corrected chi connectivity index (χ0v) is 14.1. The zero-order valence-electron chi connectivity index (χ0n) is 14.1. The summed E-state index contributed by atoms with van der Waals surface area (Å²) in [7, 11) is 0. The molecule has 0 aliphatic heterocycles. The first-order valence-corrected chi connectivity index (χ1v) is 9.00. The third kappa shape index (κ3) is 1.73. The van der Waals surface area contributed by atoms with E-state index in [2.05, 4.69) is 26.0 Å². The molecule has 2 nitrogen and oxygen atoms in total. The largest absolute Gasteiger partial charge is 0.385 e. The van der Waals surface area contributed by atoms with Crippen molar-refractivity contribution in [2.45, 2.75) is 64.9 Å². The molecule has 120 valence electrons. The molecular formula is C20H28O2. The summed E-state index contributed by atoms with van der Waals surface area (Å²) in [4.78, 5) is 12.0. The number of fused-ring (bicyclic) bond motifs is 5. The highest BCUT2D eigenvalue weighted by atomic mass is 16.3. The third-order valence-electron chi connectivity index (χ3n) is 7.82. The fourth-order valence-electron chi connectivity index (χ4n) is 6.18. The first-order chi connectivity index (χ1) is 10.3. The van der Waals surface area contributed by atoms with Gasteiger partial charge in [0, 0.05) is 11.8 Å². The lowest BCUT2D eigenvalue weighted by Gasteiger charge is -2.55. The van der Waals surface area contributed by atoms with Crippen LogP contribution in [0.2, 0.25) is 0 Å². The molecule has 0 bridgehead atoms. The Morgan fingerprint density at radius 1 is 1.14 bits per heavy atom. The van der Waals surface area contributed by atoms with E-state index in [1.807, 2.05) is 6.92 Å². The van der Waals surface area contributed by atoms with Gasteiger partial charge in [0.05, 0.1) is 5.60 Å². The molecule has 1 N–H and O–H groups in total. The summed E-state index contributed by atoms with van der Waals surface area (Å²) in [5, 5.41) is 10.8. The molecule has 0 amide bonds. The SMILES string of the molecule is CC1=C2CC[C@@H]3[C@H](CC[C@@]4(C)[C@H]3C=C[C@]4(C)O)[C@H]2CCC1=O. The highest BCUT2D eigenvalue weighted by Gasteiger charge is 2.58. The van der Waals surface area contributed by atoms with Crippen molar-refractivity contribution in [1.82, 2.24) is 0 Å². The average Bonchev–Trinajstić information content (AvgIpc) is 2.73. The van der Waals surface area contributed by atoms with E-state index in [4.69, 9.17) is 0 Å². The lowest BCUT2D eigenvalue weighted by molar-refractivity contribution is -0.117. The highest BCUT2D eigenvalue weighted by molar-refractivity contribution is 5.96. The molecule has 0 spiro atoms. The smallest absolute Gasteiger partial charge is 0.158 e. The first kappa shape index (κ1) is 14.7. The van der Waals surface area contributed by atoms with Gasteiger partial charge in [-0.2, -0.15) is 0 Å². The number of rotatable bonds is 0. The van der Waals surface area contributed by atoms with Gasteiger partial charge in [0.25, 0.3) is 0 Å². The van der Waals surface area contributed by atoms with Crippen LogP contribution in [0.1, 0.15) is 59.3 Å². The van der Waals surface area contributed by atoms with Crippen LogP contribution in [-0.4, -0.2) is 16.5 Å². The molecule has 0 aromatic heterocycles. The van der Waals surface area contributed by atoms with Crippen LogP contribution in [-0.2, 0) is 4.79 Å². The van der Waals surface area contributed by atoms with E-state index in [0.717, 1.165) is 37.2 Å². The lowest BCUT2D eigenvalue weighted by atomic mass is 9.50. The van der Waals surface area contributed by atoms with E-state index in [-0.39, 0.29) is 5.41 Å². The van der Waals surface area contributed by atoms with Crippen molar-refractivity contribution in [2.24, 2.45) is 29.1 Å². The highest BCUT2D eigenvalue weighted by Crippen LogP contribution is 2.62. The van der Waals surface area contributed by atoms with Crippen LogP contribution < -0.4 is 0 Å². The number of carbonyl (C=O) groups is 1. The first-order valence-electron chi connectivity index (χ1n) is 9.00. The van der Waals surface area contributed by atoms with Crippen LogP contribution in [0.25, 0.3) is 0 Å². The average molecular weight is 300 g/mol. The number of Topliss-reactive ketones (excluding diaryl/α,β-unsaturated/α-hetero) is 1. The molecule has 0 saturated heterocycles. The van der Waals surface area contributed by atoms with Crippen LogP contribution in [0.5, 0.6) is 0 Å². The normalized spacial score (nSPS) is 50.6. The van der Waals surface area contributed by atoms with E-state index >= 15 is 0 Å². The van der Waals surface area contributed by atoms with Gasteiger partial charge in [-0.05, 0) is 75.2 Å². The molecule has 0 heterocycles. The van der Waals surface area contributed by atoms with Crippen LogP contribution in [0.15, 0.2) is 23.3 Å². The predicted molar refractivity (Wildman–Crippen MR) is 87.2 cm³/mol. The quantitative estimate of drug-likeness (QED) is 0.685. The molecule has 4 aliphatic rings. The van der Waals surface area contributed by atoms with E-state index in [9.17, 15) is 9.90 Å².